The van der Waals surface area contributed by atoms with Crippen molar-refractivity contribution < 1.29 is 9.53 Å². The zero-order valence-corrected chi connectivity index (χ0v) is 16.0. The molecule has 0 N–H and O–H groups in total. The topological polar surface area (TPSA) is 60.2 Å². The van der Waals surface area contributed by atoms with Crippen molar-refractivity contribution in [1.29, 1.82) is 0 Å². The highest BCUT2D eigenvalue weighted by Gasteiger charge is 2.26. The molecule has 1 atom stereocenters. The Hall–Kier alpha value is -2.73. The minimum atomic E-state index is -0.357. The van der Waals surface area contributed by atoms with Crippen LogP contribution in [-0.4, -0.2) is 39.6 Å². The van der Waals surface area contributed by atoms with Gasteiger partial charge in [-0.3, -0.25) is 9.88 Å². The molecule has 0 saturated carbocycles. The van der Waals surface area contributed by atoms with E-state index in [4.69, 9.17) is 9.72 Å². The highest BCUT2D eigenvalue weighted by molar-refractivity contribution is 6.02. The van der Waals surface area contributed by atoms with Crippen LogP contribution in [0.15, 0.2) is 36.5 Å². The molecule has 4 rings (SSSR count). The first kappa shape index (κ1) is 17.7. The second kappa shape index (κ2) is 7.12. The summed E-state index contributed by atoms with van der Waals surface area (Å²) in [6, 6.07) is 10.1. The summed E-state index contributed by atoms with van der Waals surface area (Å²) in [5.74, 6) is 0.566. The van der Waals surface area contributed by atoms with Gasteiger partial charge >= 0.3 is 5.97 Å². The lowest BCUT2D eigenvalue weighted by Crippen LogP contribution is -2.29. The van der Waals surface area contributed by atoms with E-state index in [0.717, 1.165) is 24.2 Å². The van der Waals surface area contributed by atoms with Crippen molar-refractivity contribution in [2.75, 3.05) is 14.2 Å². The van der Waals surface area contributed by atoms with Crippen LogP contribution in [0, 0.1) is 0 Å². The number of imidazole rings is 1. The lowest BCUT2D eigenvalue weighted by Gasteiger charge is -2.32. The average Bonchev–Trinajstić information content (AvgIpc) is 3.02. The van der Waals surface area contributed by atoms with Gasteiger partial charge in [0.15, 0.2) is 0 Å². The first-order valence-electron chi connectivity index (χ1n) is 9.26. The molecular weight excluding hydrogens is 340 g/mol. The van der Waals surface area contributed by atoms with Crippen molar-refractivity contribution in [2.45, 2.75) is 31.8 Å². The number of ether oxygens (including phenoxy) is 1. The molecular formula is C21H24N4O2. The summed E-state index contributed by atoms with van der Waals surface area (Å²) in [5.41, 5.74) is 4.66. The number of rotatable bonds is 4. The Morgan fingerprint density at radius 1 is 1.33 bits per heavy atom. The van der Waals surface area contributed by atoms with Crippen LogP contribution in [0.25, 0.3) is 11.0 Å². The maximum atomic E-state index is 12.1. The van der Waals surface area contributed by atoms with Gasteiger partial charge in [0.25, 0.3) is 0 Å². The summed E-state index contributed by atoms with van der Waals surface area (Å²) < 4.78 is 6.96. The summed E-state index contributed by atoms with van der Waals surface area (Å²) in [6.07, 6.45) is 5.24. The fraction of sp³-hybridized carbons (Fsp3) is 0.381. The number of aromatic nitrogens is 3. The first-order chi connectivity index (χ1) is 13.1. The van der Waals surface area contributed by atoms with Crippen LogP contribution in [0.4, 0.5) is 0 Å². The molecule has 27 heavy (non-hydrogen) atoms. The molecule has 1 aromatic carbocycles. The summed E-state index contributed by atoms with van der Waals surface area (Å²) in [6.45, 7) is 0.687. The molecule has 6 heteroatoms. The second-order valence-corrected chi connectivity index (χ2v) is 7.12. The molecule has 6 nitrogen and oxygen atoms in total. The van der Waals surface area contributed by atoms with E-state index in [1.54, 1.807) is 6.07 Å². The number of pyridine rings is 1. The van der Waals surface area contributed by atoms with Crippen LogP contribution < -0.4 is 0 Å². The molecule has 2 heterocycles. The van der Waals surface area contributed by atoms with Crippen LogP contribution in [0.3, 0.4) is 0 Å². The number of carbonyl (C=O) groups excluding carboxylic acids is 1. The number of hydrogen-bond donors (Lipinski definition) is 0. The lowest BCUT2D eigenvalue weighted by molar-refractivity contribution is 0.0603. The molecule has 0 amide bonds. The summed E-state index contributed by atoms with van der Waals surface area (Å²) in [4.78, 5) is 23.8. The van der Waals surface area contributed by atoms with Gasteiger partial charge in [-0.15, -0.1) is 0 Å². The molecule has 1 unspecified atom stereocenters. The molecule has 0 fully saturated rings. The molecule has 3 aromatic rings. The van der Waals surface area contributed by atoms with Crippen LogP contribution >= 0.6 is 0 Å². The van der Waals surface area contributed by atoms with Crippen LogP contribution in [0.1, 0.15) is 46.3 Å². The van der Waals surface area contributed by atoms with Gasteiger partial charge in [-0.1, -0.05) is 12.1 Å². The van der Waals surface area contributed by atoms with Crippen molar-refractivity contribution in [3.05, 3.63) is 59.2 Å². The van der Waals surface area contributed by atoms with Crippen LogP contribution in [0.5, 0.6) is 0 Å². The molecule has 2 aromatic heterocycles. The lowest BCUT2D eigenvalue weighted by atomic mass is 9.91. The Morgan fingerprint density at radius 2 is 2.19 bits per heavy atom. The SMILES string of the molecule is COC(=O)c1cccc2c1nc(CN(C)C1CCCc3cccnc31)n2C. The van der Waals surface area contributed by atoms with Gasteiger partial charge in [-0.05, 0) is 50.1 Å². The van der Waals surface area contributed by atoms with Crippen molar-refractivity contribution in [3.63, 3.8) is 0 Å². The van der Waals surface area contributed by atoms with Gasteiger partial charge in [0.05, 0.1) is 36.5 Å². The monoisotopic (exact) mass is 364 g/mol. The van der Waals surface area contributed by atoms with E-state index >= 15 is 0 Å². The van der Waals surface area contributed by atoms with E-state index in [0.29, 0.717) is 17.6 Å². The van der Waals surface area contributed by atoms with Gasteiger partial charge in [-0.25, -0.2) is 9.78 Å². The average molecular weight is 364 g/mol. The molecule has 1 aliphatic carbocycles. The van der Waals surface area contributed by atoms with Gasteiger partial charge in [-0.2, -0.15) is 0 Å². The van der Waals surface area contributed by atoms with Crippen LogP contribution in [-0.2, 0) is 24.8 Å². The predicted octanol–water partition coefficient (Wildman–Crippen LogP) is 3.26. The fourth-order valence-corrected chi connectivity index (χ4v) is 4.03. The van der Waals surface area contributed by atoms with Crippen molar-refractivity contribution in [2.24, 2.45) is 7.05 Å². The minimum Gasteiger partial charge on any atom is -0.465 e. The molecule has 0 spiro atoms. The Bertz CT molecular complexity index is 995. The minimum absolute atomic E-state index is 0.287. The number of carbonyl (C=O) groups is 1. The Kier molecular flexibility index (Phi) is 4.66. The van der Waals surface area contributed by atoms with Crippen LogP contribution in [0.2, 0.25) is 0 Å². The molecule has 140 valence electrons. The van der Waals surface area contributed by atoms with Crippen molar-refractivity contribution in [1.82, 2.24) is 19.4 Å². The number of nitrogens with zero attached hydrogens (tertiary/aromatic N) is 4. The smallest absolute Gasteiger partial charge is 0.340 e. The zero-order valence-electron chi connectivity index (χ0n) is 16.0. The molecule has 0 aliphatic heterocycles. The third-order valence-corrected chi connectivity index (χ3v) is 5.50. The Morgan fingerprint density at radius 3 is 3.00 bits per heavy atom. The van der Waals surface area contributed by atoms with Gasteiger partial charge in [0.1, 0.15) is 11.3 Å². The van der Waals surface area contributed by atoms with E-state index in [-0.39, 0.29) is 12.0 Å². The van der Waals surface area contributed by atoms with Crippen molar-refractivity contribution >= 4 is 17.0 Å². The Labute approximate surface area is 158 Å². The number of benzene rings is 1. The number of para-hydroxylation sites is 1. The second-order valence-electron chi connectivity index (χ2n) is 7.12. The van der Waals surface area contributed by atoms with Gasteiger partial charge < -0.3 is 9.30 Å². The number of aryl methyl sites for hydroxylation is 2. The molecule has 0 bridgehead atoms. The Balaban J connectivity index is 1.66. The highest BCUT2D eigenvalue weighted by atomic mass is 16.5. The third kappa shape index (κ3) is 3.10. The fourth-order valence-electron chi connectivity index (χ4n) is 4.03. The number of methoxy groups -OCH3 is 1. The third-order valence-electron chi connectivity index (χ3n) is 5.50. The normalized spacial score (nSPS) is 16.5. The zero-order chi connectivity index (χ0) is 19.0. The number of esters is 1. The molecule has 1 aliphatic rings. The van der Waals surface area contributed by atoms with E-state index in [2.05, 4.69) is 27.6 Å². The molecule has 0 saturated heterocycles. The van der Waals surface area contributed by atoms with E-state index in [1.165, 1.54) is 24.8 Å². The van der Waals surface area contributed by atoms with Gasteiger partial charge in [0, 0.05) is 13.2 Å². The van der Waals surface area contributed by atoms with E-state index in [9.17, 15) is 4.79 Å². The van der Waals surface area contributed by atoms with Crippen molar-refractivity contribution in [3.8, 4) is 0 Å². The van der Waals surface area contributed by atoms with E-state index in [1.807, 2.05) is 31.4 Å². The summed E-state index contributed by atoms with van der Waals surface area (Å²) in [7, 11) is 5.51. The maximum Gasteiger partial charge on any atom is 0.340 e. The largest absolute Gasteiger partial charge is 0.465 e. The standard InChI is InChI=1S/C21H24N4O2/c1-24(16-10-4-7-14-8-6-12-22-19(14)16)13-18-23-20-15(21(26)27-3)9-5-11-17(20)25(18)2/h5-6,8-9,11-12,16H,4,7,10,13H2,1-3H3. The summed E-state index contributed by atoms with van der Waals surface area (Å²) in [5, 5.41) is 0. The van der Waals surface area contributed by atoms with E-state index < -0.39 is 0 Å². The molecule has 0 radical (unpaired) electrons. The van der Waals surface area contributed by atoms with Gasteiger partial charge in [0.2, 0.25) is 0 Å². The number of fused-ring (bicyclic) bond motifs is 2. The quantitative estimate of drug-likeness (QED) is 0.665. The first-order valence-corrected chi connectivity index (χ1v) is 9.26. The predicted molar refractivity (Wildman–Crippen MR) is 103 cm³/mol. The number of hydrogen-bond acceptors (Lipinski definition) is 5. The summed E-state index contributed by atoms with van der Waals surface area (Å²) >= 11 is 0. The highest BCUT2D eigenvalue weighted by Crippen LogP contribution is 2.33. The maximum absolute atomic E-state index is 12.1.